The molecular formula is C15H21FN2. The minimum Gasteiger partial charge on any atom is -0.314 e. The zero-order chi connectivity index (χ0) is 12.5. The van der Waals surface area contributed by atoms with Crippen molar-refractivity contribution in [3.8, 4) is 0 Å². The summed E-state index contributed by atoms with van der Waals surface area (Å²) in [6.45, 7) is 6.07. The molecule has 98 valence electrons. The molecule has 1 atom stereocenters. The number of benzene rings is 1. The molecule has 0 bridgehead atoms. The van der Waals surface area contributed by atoms with Crippen molar-refractivity contribution in [2.75, 3.05) is 26.2 Å². The van der Waals surface area contributed by atoms with E-state index >= 15 is 0 Å². The zero-order valence-electron chi connectivity index (χ0n) is 11.0. The number of nitrogens with zero attached hydrogens (tertiary/aromatic N) is 1. The van der Waals surface area contributed by atoms with Gasteiger partial charge in [0.1, 0.15) is 5.82 Å². The first-order valence-corrected chi connectivity index (χ1v) is 6.96. The summed E-state index contributed by atoms with van der Waals surface area (Å²) in [6.07, 6.45) is 2.50. The van der Waals surface area contributed by atoms with Crippen LogP contribution in [0.1, 0.15) is 30.0 Å². The standard InChI is InChI=1S/C15H21FN2/c1-11-2-5-13(14(16)10-11)15(12-3-4-12)18-8-6-17-7-9-18/h2,5,10,12,15,17H,3-4,6-9H2,1H3/t15-/m0/s1. The largest absolute Gasteiger partial charge is 0.314 e. The highest BCUT2D eigenvalue weighted by atomic mass is 19.1. The third kappa shape index (κ3) is 2.43. The predicted octanol–water partition coefficient (Wildman–Crippen LogP) is 2.49. The molecule has 2 aliphatic rings. The third-order valence-electron chi connectivity index (χ3n) is 4.09. The van der Waals surface area contributed by atoms with Gasteiger partial charge in [0.15, 0.2) is 0 Å². The quantitative estimate of drug-likeness (QED) is 0.884. The van der Waals surface area contributed by atoms with E-state index < -0.39 is 0 Å². The summed E-state index contributed by atoms with van der Waals surface area (Å²) in [5.74, 6) is 0.644. The fraction of sp³-hybridized carbons (Fsp3) is 0.600. The number of hydrogen-bond acceptors (Lipinski definition) is 2. The highest BCUT2D eigenvalue weighted by Gasteiger charge is 2.37. The van der Waals surface area contributed by atoms with Gasteiger partial charge in [-0.15, -0.1) is 0 Å². The lowest BCUT2D eigenvalue weighted by molar-refractivity contribution is 0.153. The van der Waals surface area contributed by atoms with Crippen LogP contribution in [0, 0.1) is 18.7 Å². The van der Waals surface area contributed by atoms with Gasteiger partial charge in [-0.1, -0.05) is 12.1 Å². The molecule has 18 heavy (non-hydrogen) atoms. The lowest BCUT2D eigenvalue weighted by Crippen LogP contribution is -2.45. The van der Waals surface area contributed by atoms with Crippen molar-refractivity contribution >= 4 is 0 Å². The van der Waals surface area contributed by atoms with E-state index in [1.54, 1.807) is 6.07 Å². The topological polar surface area (TPSA) is 15.3 Å². The summed E-state index contributed by atoms with van der Waals surface area (Å²) in [5.41, 5.74) is 1.91. The summed E-state index contributed by atoms with van der Waals surface area (Å²) >= 11 is 0. The Kier molecular flexibility index (Phi) is 3.35. The van der Waals surface area contributed by atoms with Crippen LogP contribution in [0.25, 0.3) is 0 Å². The molecular weight excluding hydrogens is 227 g/mol. The van der Waals surface area contributed by atoms with E-state index in [2.05, 4.69) is 10.2 Å². The number of halogens is 1. The van der Waals surface area contributed by atoms with Crippen molar-refractivity contribution in [1.29, 1.82) is 0 Å². The summed E-state index contributed by atoms with van der Waals surface area (Å²) in [7, 11) is 0. The number of rotatable bonds is 3. The molecule has 1 heterocycles. The zero-order valence-corrected chi connectivity index (χ0v) is 11.0. The predicted molar refractivity (Wildman–Crippen MR) is 71.0 cm³/mol. The Labute approximate surface area is 108 Å². The molecule has 3 heteroatoms. The van der Waals surface area contributed by atoms with Crippen molar-refractivity contribution in [2.24, 2.45) is 5.92 Å². The maximum absolute atomic E-state index is 14.2. The van der Waals surface area contributed by atoms with Gasteiger partial charge in [0, 0.05) is 37.8 Å². The van der Waals surface area contributed by atoms with Gasteiger partial charge in [-0.05, 0) is 37.3 Å². The monoisotopic (exact) mass is 248 g/mol. The van der Waals surface area contributed by atoms with E-state index in [0.29, 0.717) is 12.0 Å². The van der Waals surface area contributed by atoms with Crippen LogP contribution in [0.5, 0.6) is 0 Å². The van der Waals surface area contributed by atoms with Crippen LogP contribution in [0.15, 0.2) is 18.2 Å². The van der Waals surface area contributed by atoms with Crippen molar-refractivity contribution in [2.45, 2.75) is 25.8 Å². The van der Waals surface area contributed by atoms with E-state index in [1.165, 1.54) is 12.8 Å². The first-order valence-electron chi connectivity index (χ1n) is 6.96. The van der Waals surface area contributed by atoms with E-state index in [9.17, 15) is 4.39 Å². The van der Waals surface area contributed by atoms with Crippen LogP contribution in [0.3, 0.4) is 0 Å². The summed E-state index contributed by atoms with van der Waals surface area (Å²) in [6, 6.07) is 6.01. The second kappa shape index (κ2) is 4.98. The van der Waals surface area contributed by atoms with Crippen molar-refractivity contribution < 1.29 is 4.39 Å². The summed E-state index contributed by atoms with van der Waals surface area (Å²) < 4.78 is 14.2. The molecule has 3 rings (SSSR count). The van der Waals surface area contributed by atoms with Crippen LogP contribution < -0.4 is 5.32 Å². The third-order valence-corrected chi connectivity index (χ3v) is 4.09. The molecule has 0 amide bonds. The number of piperazine rings is 1. The van der Waals surface area contributed by atoms with Crippen molar-refractivity contribution in [1.82, 2.24) is 10.2 Å². The molecule has 2 nitrogen and oxygen atoms in total. The first kappa shape index (κ1) is 12.1. The molecule has 0 aromatic heterocycles. The van der Waals surface area contributed by atoms with Gasteiger partial charge < -0.3 is 5.32 Å². The summed E-state index contributed by atoms with van der Waals surface area (Å²) in [4.78, 5) is 2.46. The molecule has 1 aliphatic heterocycles. The van der Waals surface area contributed by atoms with E-state index in [1.807, 2.05) is 19.1 Å². The Morgan fingerprint density at radius 3 is 2.61 bits per heavy atom. The lowest BCUT2D eigenvalue weighted by atomic mass is 9.98. The van der Waals surface area contributed by atoms with Gasteiger partial charge in [-0.3, -0.25) is 4.90 Å². The first-order chi connectivity index (χ1) is 8.75. The number of aryl methyl sites for hydroxylation is 1. The van der Waals surface area contributed by atoms with Gasteiger partial charge in [0.2, 0.25) is 0 Å². The Morgan fingerprint density at radius 2 is 2.00 bits per heavy atom. The summed E-state index contributed by atoms with van der Waals surface area (Å²) in [5, 5.41) is 3.37. The number of hydrogen-bond donors (Lipinski definition) is 1. The van der Waals surface area contributed by atoms with E-state index in [4.69, 9.17) is 0 Å². The molecule has 1 aromatic carbocycles. The highest BCUT2D eigenvalue weighted by Crippen LogP contribution is 2.45. The molecule has 0 spiro atoms. The second-order valence-electron chi connectivity index (χ2n) is 5.59. The Balaban J connectivity index is 1.88. The minimum absolute atomic E-state index is 0.0227. The molecule has 2 fully saturated rings. The van der Waals surface area contributed by atoms with Crippen molar-refractivity contribution in [3.05, 3.63) is 35.1 Å². The second-order valence-corrected chi connectivity index (χ2v) is 5.59. The average molecular weight is 248 g/mol. The lowest BCUT2D eigenvalue weighted by Gasteiger charge is -2.35. The highest BCUT2D eigenvalue weighted by molar-refractivity contribution is 5.27. The molecule has 1 saturated carbocycles. The smallest absolute Gasteiger partial charge is 0.128 e. The van der Waals surface area contributed by atoms with E-state index in [-0.39, 0.29) is 5.82 Å². The fourth-order valence-electron chi connectivity index (χ4n) is 2.99. The van der Waals surface area contributed by atoms with Gasteiger partial charge in [-0.2, -0.15) is 0 Å². The minimum atomic E-state index is -0.0227. The molecule has 1 saturated heterocycles. The van der Waals surface area contributed by atoms with Crippen LogP contribution in [0.4, 0.5) is 4.39 Å². The van der Waals surface area contributed by atoms with Gasteiger partial charge in [-0.25, -0.2) is 4.39 Å². The van der Waals surface area contributed by atoms with Crippen LogP contribution in [0.2, 0.25) is 0 Å². The van der Waals surface area contributed by atoms with Gasteiger partial charge in [0.25, 0.3) is 0 Å². The van der Waals surface area contributed by atoms with Crippen LogP contribution in [-0.2, 0) is 0 Å². The molecule has 1 N–H and O–H groups in total. The SMILES string of the molecule is Cc1ccc([C@H](C2CC2)N2CCNCC2)c(F)c1. The van der Waals surface area contributed by atoms with Gasteiger partial charge in [0.05, 0.1) is 0 Å². The Bertz CT molecular complexity index is 423. The maximum Gasteiger partial charge on any atom is 0.128 e. The normalized spacial score (nSPS) is 23.0. The fourth-order valence-corrected chi connectivity index (χ4v) is 2.99. The maximum atomic E-state index is 14.2. The Hall–Kier alpha value is -0.930. The van der Waals surface area contributed by atoms with Crippen LogP contribution in [-0.4, -0.2) is 31.1 Å². The Morgan fingerprint density at radius 1 is 1.28 bits per heavy atom. The molecule has 1 aliphatic carbocycles. The van der Waals surface area contributed by atoms with Crippen LogP contribution >= 0.6 is 0 Å². The van der Waals surface area contributed by atoms with E-state index in [0.717, 1.165) is 37.3 Å². The number of nitrogens with one attached hydrogen (secondary N) is 1. The average Bonchev–Trinajstić information content (AvgIpc) is 3.18. The molecule has 0 radical (unpaired) electrons. The molecule has 0 unspecified atom stereocenters. The molecule has 1 aromatic rings. The van der Waals surface area contributed by atoms with Gasteiger partial charge >= 0.3 is 0 Å². The van der Waals surface area contributed by atoms with Crippen molar-refractivity contribution in [3.63, 3.8) is 0 Å².